The summed E-state index contributed by atoms with van der Waals surface area (Å²) in [5.41, 5.74) is -0.500. The number of ketones is 3. The number of ether oxygens (including phenoxy) is 3. The van der Waals surface area contributed by atoms with E-state index in [2.05, 4.69) is 77.5 Å². The Morgan fingerprint density at radius 1 is 0.488 bits per heavy atom. The summed E-state index contributed by atoms with van der Waals surface area (Å²) in [4.78, 5) is 52.4. The molecule has 0 saturated heterocycles. The molecule has 12 saturated carbocycles. The van der Waals surface area contributed by atoms with Gasteiger partial charge in [0, 0.05) is 75.5 Å². The normalized spacial score (nSPS) is 38.0. The monoisotopic (exact) mass is 1810 g/mol. The number of rotatable bonds is 15. The summed E-state index contributed by atoms with van der Waals surface area (Å²) < 4.78 is 99.8. The molecule has 0 bridgehead atoms. The van der Waals surface area contributed by atoms with Gasteiger partial charge in [-0.3, -0.25) is 19.2 Å². The van der Waals surface area contributed by atoms with Gasteiger partial charge in [-0.15, -0.1) is 10.2 Å². The maximum absolute atomic E-state index is 14.1. The first-order valence-corrected chi connectivity index (χ1v) is 43.8. The van der Waals surface area contributed by atoms with Crippen molar-refractivity contribution < 1.29 is 189 Å². The van der Waals surface area contributed by atoms with Crippen molar-refractivity contribution in [3.8, 4) is 0 Å². The van der Waals surface area contributed by atoms with E-state index in [-0.39, 0.29) is 241 Å². The molecule has 18 rings (SSSR count). The minimum absolute atomic E-state index is 0. The predicted molar refractivity (Wildman–Crippen MR) is 442 cm³/mol. The fourth-order valence-electron chi connectivity index (χ4n) is 28.6. The topological polar surface area (TPSA) is 292 Å². The van der Waals surface area contributed by atoms with Crippen LogP contribution in [0.3, 0.4) is 0 Å². The van der Waals surface area contributed by atoms with Crippen LogP contribution in [0.1, 0.15) is 239 Å². The molecule has 664 valence electrons. The van der Waals surface area contributed by atoms with Crippen LogP contribution < -0.4 is 108 Å². The standard InChI is InChI=1S/2C29H39F2N3O3.C23H37BrO3.C6H3F2N3.CH2O3.3CH4.2K.H/c1-27(36)10-11-29(16-37-3)17(14-27)4-5-19-20-6-7-22(28(20,2)9-8-21(19)29)25(35)15-34-24-13-18(30)12-23(31)26(24)32-33-34;1-27(36)10-11-29(16-37-3)17(14-27)4-5-19-20-6-7-22(28(20,2)9-8-21(19)29)25(35)15-34-32-24-13-18(30)12-23(31)26(24)33-34;1-21(26)10-11-23(14-27-3)15(12-21)4-5-16-17-6-7-19(20(25)13-24)22(17,2)9-8-18(16)23;7-3-1-4(8)6-5(2-3)9-11-10-6;2-1-4-3;;;;;;/h2*12-13,17,19-22,36H,4-11,14-16H2,1-3H3;15-19,26H,4-14H2,1-3H3;1-2H,(H,9,10,11);1,3H;3*1H4;;;/q;;;;;;;;2*+1;-1/p-1/t2*17-,19+,20+,21+,22-,27-,28+,29-;15-,16+,17+,18+,19-,21-,22+,23-;;;;;;;;/m111......../s1. The molecule has 3 aromatic carbocycles. The number of H-pyrrole nitrogens is 1. The van der Waals surface area contributed by atoms with Crippen LogP contribution in [0.25, 0.3) is 33.1 Å². The Bertz CT molecular complexity index is 4580. The number of Topliss-reactive ketones (excluding diaryl/α,β-unsaturated/α-hetero) is 3. The minimum Gasteiger partial charge on any atom is -1.00 e. The SMILES string of the molecule is C.C.C.COC[C@]12CC[C@@](C)(O)C[C@H]1CC[C@H]1[C@@H]3CC[C@H](C(=O)CBr)[C@@]3(C)CC[C@@H]12.COC[C@]12CC[C@@](C)(O)C[C@H]1CC[C@H]1[C@@H]3CC[C@H](C(=O)Cn4nc5cc(F)cc(F)c5n4)[C@@]3(C)CC[C@@H]12.COC[C@]12CC[C@@](C)(O)C[C@H]1CC[C@H]1[C@@H]3CC[C@H](C(=O)Cn4nnc5c(F)cc(F)cc54)[C@@]3(C)CC[C@@H]12.Fc1cc(F)c2n[nH]nc2c1.O=CO[O-].[H-].[K+].[K+]. The average Bonchev–Trinajstić information content (AvgIpc) is 1.33. The zero-order valence-corrected chi connectivity index (χ0v) is 78.6. The number of aromatic amines is 1. The summed E-state index contributed by atoms with van der Waals surface area (Å²) >= 11 is 3.43. The Labute approximate surface area is 805 Å². The number of hydrogen-bond acceptors (Lipinski definition) is 18. The van der Waals surface area contributed by atoms with Gasteiger partial charge in [-0.1, -0.05) is 64.2 Å². The molecule has 6 aromatic rings. The van der Waals surface area contributed by atoms with E-state index >= 15 is 0 Å². The van der Waals surface area contributed by atoms with Crippen LogP contribution in [0.5, 0.6) is 0 Å². The van der Waals surface area contributed by atoms with Crippen LogP contribution in [0.15, 0.2) is 36.4 Å². The Morgan fingerprint density at radius 2 is 0.860 bits per heavy atom. The summed E-state index contributed by atoms with van der Waals surface area (Å²) in [5, 5.41) is 66.8. The van der Waals surface area contributed by atoms with E-state index in [4.69, 9.17) is 24.3 Å². The second-order valence-corrected chi connectivity index (χ2v) is 39.9. The largest absolute Gasteiger partial charge is 1.00 e. The van der Waals surface area contributed by atoms with Crippen LogP contribution in [0.2, 0.25) is 0 Å². The number of alkyl halides is 1. The van der Waals surface area contributed by atoms with Crippen LogP contribution >= 0.6 is 15.9 Å². The molecule has 0 amide bonds. The van der Waals surface area contributed by atoms with Crippen molar-refractivity contribution in [3.05, 3.63) is 71.3 Å². The van der Waals surface area contributed by atoms with Crippen molar-refractivity contribution in [2.45, 2.75) is 267 Å². The van der Waals surface area contributed by atoms with Crippen molar-refractivity contribution in [2.75, 3.05) is 46.5 Å². The van der Waals surface area contributed by atoms with Crippen molar-refractivity contribution in [1.82, 2.24) is 45.4 Å². The summed E-state index contributed by atoms with van der Waals surface area (Å²) in [7, 11) is 5.48. The first-order chi connectivity index (χ1) is 55.1. The van der Waals surface area contributed by atoms with Crippen molar-refractivity contribution in [3.63, 3.8) is 0 Å². The zero-order chi connectivity index (χ0) is 83.0. The molecule has 3 aromatic heterocycles. The molecule has 0 radical (unpaired) electrons. The van der Waals surface area contributed by atoms with Crippen LogP contribution in [0, 0.1) is 156 Å². The smallest absolute Gasteiger partial charge is 1.00 e. The quantitative estimate of drug-likeness (QED) is 0.0185. The number of fused-ring (bicyclic) bond motifs is 18. The molecule has 3 heterocycles. The third-order valence-electron chi connectivity index (χ3n) is 33.5. The number of carbonyl (C=O) groups excluding carboxylic acids is 4. The number of methoxy groups -OCH3 is 3. The van der Waals surface area contributed by atoms with Crippen molar-refractivity contribution >= 4 is 72.9 Å². The van der Waals surface area contributed by atoms with Gasteiger partial charge in [0.05, 0.1) is 47.5 Å². The van der Waals surface area contributed by atoms with Gasteiger partial charge in [-0.25, -0.2) is 31.0 Å². The first kappa shape index (κ1) is 102. The summed E-state index contributed by atoms with van der Waals surface area (Å²) in [6, 6.07) is 5.82. The van der Waals surface area contributed by atoms with Crippen LogP contribution in [-0.4, -0.2) is 148 Å². The minimum atomic E-state index is -0.760. The number of aromatic nitrogens is 9. The van der Waals surface area contributed by atoms with Gasteiger partial charge in [0.2, 0.25) is 0 Å². The molecule has 12 aliphatic carbocycles. The Morgan fingerprint density at radius 3 is 1.26 bits per heavy atom. The molecular weight excluding hydrogens is 1680 g/mol. The molecule has 12 fully saturated rings. The molecule has 12 aliphatic rings. The summed E-state index contributed by atoms with van der Waals surface area (Å²) in [5.74, 6) is 3.44. The maximum atomic E-state index is 14.1. The van der Waals surface area contributed by atoms with E-state index in [1.54, 1.807) is 0 Å². The fourth-order valence-corrected chi connectivity index (χ4v) is 29.0. The number of nitrogens with zero attached hydrogens (tertiary/aromatic N) is 8. The number of nitrogens with one attached hydrogen (secondary N) is 1. The predicted octanol–water partition coefficient (Wildman–Crippen LogP) is 11.3. The van der Waals surface area contributed by atoms with E-state index in [0.29, 0.717) is 76.2 Å². The molecule has 0 unspecified atom stereocenters. The molecular formula is C91H132BrF6K2N9O12. The number of halogens is 7. The summed E-state index contributed by atoms with van der Waals surface area (Å²) in [6.45, 7) is 15.2. The van der Waals surface area contributed by atoms with E-state index in [1.165, 1.54) is 47.6 Å². The van der Waals surface area contributed by atoms with Crippen LogP contribution in [-0.2, 0) is 51.4 Å². The molecule has 21 nitrogen and oxygen atoms in total. The third-order valence-corrected chi connectivity index (χ3v) is 34.0. The van der Waals surface area contributed by atoms with Gasteiger partial charge >= 0.3 is 103 Å². The Balaban J connectivity index is 0.000000206. The van der Waals surface area contributed by atoms with Gasteiger partial charge in [-0.05, 0) is 298 Å². The van der Waals surface area contributed by atoms with E-state index in [0.717, 1.165) is 197 Å². The molecule has 4 N–H and O–H groups in total. The number of carbonyl (C=O) groups is 4. The average molecular weight is 1820 g/mol. The van der Waals surface area contributed by atoms with Gasteiger partial charge in [0.1, 0.15) is 63.9 Å². The second-order valence-electron chi connectivity index (χ2n) is 39.4. The first-order valence-electron chi connectivity index (χ1n) is 42.6. The van der Waals surface area contributed by atoms with E-state index in [1.807, 2.05) is 42.1 Å². The van der Waals surface area contributed by atoms with Crippen molar-refractivity contribution in [2.24, 2.45) is 121 Å². The molecule has 0 spiro atoms. The number of benzene rings is 3. The fraction of sp³-hybridized carbons (Fsp3) is 0.758. The third kappa shape index (κ3) is 19.5. The van der Waals surface area contributed by atoms with E-state index < -0.39 is 51.7 Å². The second kappa shape index (κ2) is 40.4. The Kier molecular flexibility index (Phi) is 34.1. The maximum Gasteiger partial charge on any atom is 1.00 e. The van der Waals surface area contributed by atoms with Crippen molar-refractivity contribution in [1.29, 1.82) is 0 Å². The van der Waals surface area contributed by atoms with E-state index in [9.17, 15) is 56.0 Å². The van der Waals surface area contributed by atoms with Gasteiger partial charge < -0.3 is 41.1 Å². The van der Waals surface area contributed by atoms with Gasteiger partial charge in [-0.2, -0.15) is 25.3 Å². The molecule has 121 heavy (non-hydrogen) atoms. The number of aliphatic hydroxyl groups is 3. The van der Waals surface area contributed by atoms with Gasteiger partial charge in [0.25, 0.3) is 6.47 Å². The number of hydrogen-bond donors (Lipinski definition) is 4. The summed E-state index contributed by atoms with van der Waals surface area (Å²) in [6.07, 6.45) is 28.2. The Hall–Kier alpha value is -2.61. The zero-order valence-electron chi connectivity index (χ0n) is 71.8. The molecule has 0 aliphatic heterocycles. The molecule has 30 heteroatoms. The van der Waals surface area contributed by atoms with Gasteiger partial charge in [0.15, 0.2) is 29.0 Å². The molecule has 24 atom stereocenters. The van der Waals surface area contributed by atoms with Crippen LogP contribution in [0.4, 0.5) is 26.3 Å².